The quantitative estimate of drug-likeness (QED) is 0.459. The van der Waals surface area contributed by atoms with E-state index < -0.39 is 17.6 Å². The number of fused-ring (bicyclic) bond motifs is 1. The van der Waals surface area contributed by atoms with E-state index in [1.54, 1.807) is 26.0 Å². The topological polar surface area (TPSA) is 93.5 Å². The number of aryl methyl sites for hydroxylation is 2. The van der Waals surface area contributed by atoms with Gasteiger partial charge in [-0.05, 0) is 48.9 Å². The molecule has 162 valence electrons. The average Bonchev–Trinajstić information content (AvgIpc) is 3.12. The SMILES string of the molecule is Cc1noc(C)c1COc1cc2ccccc2cc1C(=O)NNC(=O)c1ccccc1F. The van der Waals surface area contributed by atoms with E-state index in [4.69, 9.17) is 9.26 Å². The number of halogens is 1. The van der Waals surface area contributed by atoms with Crippen LogP contribution >= 0.6 is 0 Å². The highest BCUT2D eigenvalue weighted by Gasteiger charge is 2.18. The summed E-state index contributed by atoms with van der Waals surface area (Å²) in [6, 6.07) is 16.4. The fourth-order valence-electron chi connectivity index (χ4n) is 3.27. The number of amides is 2. The lowest BCUT2D eigenvalue weighted by Crippen LogP contribution is -2.42. The lowest BCUT2D eigenvalue weighted by atomic mass is 10.1. The minimum absolute atomic E-state index is 0.154. The molecule has 2 N–H and O–H groups in total. The number of carbonyl (C=O) groups excluding carboxylic acids is 2. The Hall–Kier alpha value is -4.20. The van der Waals surface area contributed by atoms with Gasteiger partial charge in [0.15, 0.2) is 0 Å². The number of nitrogens with one attached hydrogen (secondary N) is 2. The van der Waals surface area contributed by atoms with Gasteiger partial charge in [0.1, 0.15) is 23.9 Å². The van der Waals surface area contributed by atoms with Crippen LogP contribution in [0.4, 0.5) is 4.39 Å². The Bertz CT molecular complexity index is 1300. The molecule has 0 aliphatic heterocycles. The van der Waals surface area contributed by atoms with Gasteiger partial charge in [-0.3, -0.25) is 20.4 Å². The van der Waals surface area contributed by atoms with Crippen molar-refractivity contribution in [3.63, 3.8) is 0 Å². The maximum absolute atomic E-state index is 13.8. The first kappa shape index (κ1) is 21.0. The number of rotatable bonds is 5. The summed E-state index contributed by atoms with van der Waals surface area (Å²) in [5.41, 5.74) is 6.09. The number of hydrazine groups is 1. The Labute approximate surface area is 183 Å². The van der Waals surface area contributed by atoms with Crippen LogP contribution in [0, 0.1) is 19.7 Å². The van der Waals surface area contributed by atoms with E-state index in [1.807, 2.05) is 24.3 Å². The van der Waals surface area contributed by atoms with Crippen molar-refractivity contribution in [2.24, 2.45) is 0 Å². The van der Waals surface area contributed by atoms with Gasteiger partial charge in [0.2, 0.25) is 0 Å². The normalized spacial score (nSPS) is 10.7. The van der Waals surface area contributed by atoms with Gasteiger partial charge in [-0.2, -0.15) is 0 Å². The van der Waals surface area contributed by atoms with Gasteiger partial charge in [0.25, 0.3) is 11.8 Å². The van der Waals surface area contributed by atoms with E-state index in [2.05, 4.69) is 16.0 Å². The summed E-state index contributed by atoms with van der Waals surface area (Å²) < 4.78 is 24.9. The Kier molecular flexibility index (Phi) is 5.85. The van der Waals surface area contributed by atoms with E-state index in [0.717, 1.165) is 16.3 Å². The number of hydrogen-bond donors (Lipinski definition) is 2. The van der Waals surface area contributed by atoms with Crippen LogP contribution in [0.3, 0.4) is 0 Å². The molecule has 0 fully saturated rings. The van der Waals surface area contributed by atoms with Crippen molar-refractivity contribution in [1.29, 1.82) is 0 Å². The Morgan fingerprint density at radius 1 is 0.938 bits per heavy atom. The van der Waals surface area contributed by atoms with Gasteiger partial charge in [-0.1, -0.05) is 41.6 Å². The second-order valence-corrected chi connectivity index (χ2v) is 7.18. The summed E-state index contributed by atoms with van der Waals surface area (Å²) in [5, 5.41) is 5.61. The van der Waals surface area contributed by atoms with Gasteiger partial charge in [0, 0.05) is 0 Å². The Morgan fingerprint density at radius 2 is 1.56 bits per heavy atom. The van der Waals surface area contributed by atoms with E-state index in [0.29, 0.717) is 17.2 Å². The van der Waals surface area contributed by atoms with Gasteiger partial charge in [0.05, 0.1) is 22.4 Å². The number of ether oxygens (including phenoxy) is 1. The molecule has 32 heavy (non-hydrogen) atoms. The van der Waals surface area contributed by atoms with Crippen LogP contribution < -0.4 is 15.6 Å². The molecule has 0 saturated carbocycles. The van der Waals surface area contributed by atoms with Gasteiger partial charge in [-0.25, -0.2) is 4.39 Å². The standard InChI is InChI=1S/C24H20FN3O4/c1-14-20(15(2)32-28-14)13-31-22-12-17-8-4-3-7-16(17)11-19(22)24(30)27-26-23(29)18-9-5-6-10-21(18)25/h3-12H,13H2,1-2H3,(H,26,29)(H,27,30). The number of nitrogens with zero attached hydrogens (tertiary/aromatic N) is 1. The lowest BCUT2D eigenvalue weighted by molar-refractivity contribution is 0.0842. The fourth-order valence-corrected chi connectivity index (χ4v) is 3.27. The minimum Gasteiger partial charge on any atom is -0.488 e. The molecular formula is C24H20FN3O4. The molecule has 0 radical (unpaired) electrons. The predicted molar refractivity (Wildman–Crippen MR) is 116 cm³/mol. The molecule has 2 amide bonds. The predicted octanol–water partition coefficient (Wildman–Crippen LogP) is 4.24. The molecular weight excluding hydrogens is 413 g/mol. The smallest absolute Gasteiger partial charge is 0.273 e. The summed E-state index contributed by atoms with van der Waals surface area (Å²) in [4.78, 5) is 25.1. The van der Waals surface area contributed by atoms with Gasteiger partial charge >= 0.3 is 0 Å². The highest BCUT2D eigenvalue weighted by atomic mass is 19.1. The maximum atomic E-state index is 13.8. The third-order valence-corrected chi connectivity index (χ3v) is 5.05. The number of carbonyl (C=O) groups is 2. The van der Waals surface area contributed by atoms with E-state index in [1.165, 1.54) is 24.3 Å². The summed E-state index contributed by atoms with van der Waals surface area (Å²) >= 11 is 0. The number of aromatic nitrogens is 1. The minimum atomic E-state index is -0.768. The molecule has 3 aromatic carbocycles. The van der Waals surface area contributed by atoms with Gasteiger partial charge < -0.3 is 9.26 Å². The first-order valence-corrected chi connectivity index (χ1v) is 9.86. The lowest BCUT2D eigenvalue weighted by Gasteiger charge is -2.14. The van der Waals surface area contributed by atoms with Gasteiger partial charge in [-0.15, -0.1) is 0 Å². The maximum Gasteiger partial charge on any atom is 0.273 e. The Morgan fingerprint density at radius 3 is 2.22 bits per heavy atom. The average molecular weight is 433 g/mol. The summed E-state index contributed by atoms with van der Waals surface area (Å²) in [5.74, 6) is -1.11. The zero-order valence-corrected chi connectivity index (χ0v) is 17.4. The van der Waals surface area contributed by atoms with Crippen LogP contribution in [0.5, 0.6) is 5.75 Å². The van der Waals surface area contributed by atoms with Crippen molar-refractivity contribution in [3.8, 4) is 5.75 Å². The molecule has 0 unspecified atom stereocenters. The molecule has 0 spiro atoms. The molecule has 0 aliphatic carbocycles. The third kappa shape index (κ3) is 4.29. The summed E-state index contributed by atoms with van der Waals surface area (Å²) in [6.07, 6.45) is 0. The van der Waals surface area contributed by atoms with Crippen LogP contribution in [-0.4, -0.2) is 17.0 Å². The molecule has 4 aromatic rings. The summed E-state index contributed by atoms with van der Waals surface area (Å²) in [6.45, 7) is 3.74. The molecule has 1 heterocycles. The van der Waals surface area contributed by atoms with Crippen LogP contribution in [0.1, 0.15) is 37.7 Å². The van der Waals surface area contributed by atoms with Crippen LogP contribution in [0.25, 0.3) is 10.8 Å². The summed E-state index contributed by atoms with van der Waals surface area (Å²) in [7, 11) is 0. The van der Waals surface area contributed by atoms with Crippen LogP contribution in [0.2, 0.25) is 0 Å². The monoisotopic (exact) mass is 433 g/mol. The van der Waals surface area contributed by atoms with E-state index in [9.17, 15) is 14.0 Å². The molecule has 0 atom stereocenters. The molecule has 8 heteroatoms. The zero-order valence-electron chi connectivity index (χ0n) is 17.4. The molecule has 4 rings (SSSR count). The van der Waals surface area contributed by atoms with Crippen molar-refractivity contribution in [3.05, 3.63) is 94.6 Å². The van der Waals surface area contributed by atoms with Crippen molar-refractivity contribution in [2.45, 2.75) is 20.5 Å². The third-order valence-electron chi connectivity index (χ3n) is 5.05. The van der Waals surface area contributed by atoms with Crippen molar-refractivity contribution in [2.75, 3.05) is 0 Å². The first-order chi connectivity index (χ1) is 15.4. The molecule has 0 bridgehead atoms. The number of benzene rings is 3. The van der Waals surface area contributed by atoms with Crippen molar-refractivity contribution < 1.29 is 23.2 Å². The van der Waals surface area contributed by atoms with E-state index >= 15 is 0 Å². The zero-order chi connectivity index (χ0) is 22.7. The second kappa shape index (κ2) is 8.89. The largest absolute Gasteiger partial charge is 0.488 e. The fraction of sp³-hybridized carbons (Fsp3) is 0.125. The molecule has 0 aliphatic rings. The van der Waals surface area contributed by atoms with Crippen LogP contribution in [0.15, 0.2) is 65.2 Å². The Balaban J connectivity index is 1.58. The molecule has 1 aromatic heterocycles. The van der Waals surface area contributed by atoms with Crippen molar-refractivity contribution >= 4 is 22.6 Å². The van der Waals surface area contributed by atoms with E-state index in [-0.39, 0.29) is 17.7 Å². The van der Waals surface area contributed by atoms with Crippen molar-refractivity contribution in [1.82, 2.24) is 16.0 Å². The molecule has 7 nitrogen and oxygen atoms in total. The number of hydrogen-bond acceptors (Lipinski definition) is 5. The highest BCUT2D eigenvalue weighted by molar-refractivity contribution is 6.03. The van der Waals surface area contributed by atoms with Crippen LogP contribution in [-0.2, 0) is 6.61 Å². The second-order valence-electron chi connectivity index (χ2n) is 7.18. The first-order valence-electron chi connectivity index (χ1n) is 9.86. The molecule has 0 saturated heterocycles. The highest BCUT2D eigenvalue weighted by Crippen LogP contribution is 2.27.